The highest BCUT2D eigenvalue weighted by Gasteiger charge is 2.23. The largest absolute Gasteiger partial charge is 0.398 e. The molecule has 0 atom stereocenters. The van der Waals surface area contributed by atoms with E-state index in [-0.39, 0.29) is 0 Å². The Morgan fingerprint density at radius 3 is 2.08 bits per heavy atom. The molecular weight excluding hydrogens is 146 g/mol. The molecule has 1 aliphatic rings. The predicted molar refractivity (Wildman–Crippen MR) is 52.3 cm³/mol. The van der Waals surface area contributed by atoms with Crippen molar-refractivity contribution in [1.29, 1.82) is 0 Å². The van der Waals surface area contributed by atoms with Gasteiger partial charge < -0.3 is 5.73 Å². The molecule has 0 amide bonds. The Bertz CT molecular complexity index is 288. The molecule has 1 fully saturated rings. The van der Waals surface area contributed by atoms with Crippen LogP contribution in [-0.2, 0) is 0 Å². The minimum Gasteiger partial charge on any atom is -0.398 e. The Morgan fingerprint density at radius 1 is 1.17 bits per heavy atom. The third-order valence-corrected chi connectivity index (χ3v) is 2.66. The van der Waals surface area contributed by atoms with E-state index in [2.05, 4.69) is 26.0 Å². The lowest BCUT2D eigenvalue weighted by molar-refractivity contribution is 1.11. The summed E-state index contributed by atoms with van der Waals surface area (Å²) in [4.78, 5) is 0. The number of nitrogens with two attached hydrogens (primary N) is 1. The third-order valence-electron chi connectivity index (χ3n) is 2.66. The first-order chi connectivity index (χ1) is 5.68. The van der Waals surface area contributed by atoms with Gasteiger partial charge in [0.1, 0.15) is 0 Å². The van der Waals surface area contributed by atoms with Crippen LogP contribution in [-0.4, -0.2) is 0 Å². The van der Waals surface area contributed by atoms with Crippen molar-refractivity contribution in [3.05, 3.63) is 28.8 Å². The fraction of sp³-hybridized carbons (Fsp3) is 0.455. The predicted octanol–water partition coefficient (Wildman–Crippen LogP) is 2.76. The first kappa shape index (κ1) is 7.66. The Morgan fingerprint density at radius 2 is 1.67 bits per heavy atom. The number of anilines is 1. The third kappa shape index (κ3) is 1.20. The molecular formula is C11H15N. The summed E-state index contributed by atoms with van der Waals surface area (Å²) in [5, 5.41) is 0. The average molecular weight is 161 g/mol. The molecule has 0 aliphatic heterocycles. The number of hydrogen-bond donors (Lipinski definition) is 1. The molecule has 0 bridgehead atoms. The van der Waals surface area contributed by atoms with Gasteiger partial charge in [-0.1, -0.05) is 12.1 Å². The van der Waals surface area contributed by atoms with Crippen LogP contribution in [0.3, 0.4) is 0 Å². The monoisotopic (exact) mass is 161 g/mol. The van der Waals surface area contributed by atoms with Crippen molar-refractivity contribution in [3.8, 4) is 0 Å². The van der Waals surface area contributed by atoms with Gasteiger partial charge >= 0.3 is 0 Å². The smallest absolute Gasteiger partial charge is 0.0373 e. The quantitative estimate of drug-likeness (QED) is 0.630. The highest BCUT2D eigenvalue weighted by atomic mass is 14.6. The summed E-state index contributed by atoms with van der Waals surface area (Å²) in [5.74, 6) is 0.836. The van der Waals surface area contributed by atoms with Crippen LogP contribution < -0.4 is 5.73 Å². The molecule has 0 spiro atoms. The van der Waals surface area contributed by atoms with Gasteiger partial charge in [-0.2, -0.15) is 0 Å². The Kier molecular flexibility index (Phi) is 1.60. The zero-order valence-corrected chi connectivity index (χ0v) is 7.72. The van der Waals surface area contributed by atoms with Gasteiger partial charge in [0.05, 0.1) is 0 Å². The maximum atomic E-state index is 5.87. The van der Waals surface area contributed by atoms with Crippen LogP contribution in [0.5, 0.6) is 0 Å². The minimum atomic E-state index is 0.836. The molecule has 0 aromatic heterocycles. The standard InChI is InChI=1S/C11H15N/c1-7-5-10(9-3-4-9)6-8(2)11(7)12/h5-6,9H,3-4,12H2,1-2H3. The van der Waals surface area contributed by atoms with Crippen LogP contribution in [0.1, 0.15) is 35.4 Å². The highest BCUT2D eigenvalue weighted by Crippen LogP contribution is 2.41. The molecule has 2 rings (SSSR count). The molecule has 1 nitrogen and oxygen atoms in total. The van der Waals surface area contributed by atoms with Crippen LogP contribution in [0.15, 0.2) is 12.1 Å². The van der Waals surface area contributed by atoms with Gasteiger partial charge in [-0.25, -0.2) is 0 Å². The summed E-state index contributed by atoms with van der Waals surface area (Å²) < 4.78 is 0. The maximum absolute atomic E-state index is 5.87. The van der Waals surface area contributed by atoms with Crippen molar-refractivity contribution in [2.24, 2.45) is 0 Å². The van der Waals surface area contributed by atoms with Gasteiger partial charge in [0.2, 0.25) is 0 Å². The Balaban J connectivity index is 2.45. The van der Waals surface area contributed by atoms with E-state index in [1.165, 1.54) is 29.5 Å². The van der Waals surface area contributed by atoms with Crippen LogP contribution in [0.25, 0.3) is 0 Å². The Hall–Kier alpha value is -0.980. The van der Waals surface area contributed by atoms with Gasteiger partial charge in [0.15, 0.2) is 0 Å². The topological polar surface area (TPSA) is 26.0 Å². The average Bonchev–Trinajstić information content (AvgIpc) is 2.81. The zero-order chi connectivity index (χ0) is 8.72. The van der Waals surface area contributed by atoms with Crippen molar-refractivity contribution in [3.63, 3.8) is 0 Å². The zero-order valence-electron chi connectivity index (χ0n) is 7.72. The molecule has 1 aliphatic carbocycles. The fourth-order valence-electron chi connectivity index (χ4n) is 1.66. The lowest BCUT2D eigenvalue weighted by Crippen LogP contribution is -1.95. The molecule has 0 unspecified atom stereocenters. The van der Waals surface area contributed by atoms with Crippen molar-refractivity contribution < 1.29 is 0 Å². The van der Waals surface area contributed by atoms with Crippen molar-refractivity contribution in [1.82, 2.24) is 0 Å². The van der Waals surface area contributed by atoms with E-state index >= 15 is 0 Å². The maximum Gasteiger partial charge on any atom is 0.0373 e. The van der Waals surface area contributed by atoms with Crippen molar-refractivity contribution in [2.75, 3.05) is 5.73 Å². The van der Waals surface area contributed by atoms with Gasteiger partial charge in [0, 0.05) is 5.69 Å². The fourth-order valence-corrected chi connectivity index (χ4v) is 1.66. The van der Waals surface area contributed by atoms with E-state index in [1.54, 1.807) is 0 Å². The highest BCUT2D eigenvalue weighted by molar-refractivity contribution is 5.55. The lowest BCUT2D eigenvalue weighted by Gasteiger charge is -2.07. The van der Waals surface area contributed by atoms with Gasteiger partial charge in [-0.3, -0.25) is 0 Å². The second-order valence-corrected chi connectivity index (χ2v) is 3.84. The van der Waals surface area contributed by atoms with Crippen LogP contribution in [0.2, 0.25) is 0 Å². The molecule has 0 radical (unpaired) electrons. The first-order valence-electron chi connectivity index (χ1n) is 4.55. The number of nitrogen functional groups attached to an aromatic ring is 1. The summed E-state index contributed by atoms with van der Waals surface area (Å²) in [5.41, 5.74) is 10.8. The van der Waals surface area contributed by atoms with Gasteiger partial charge in [-0.05, 0) is 49.3 Å². The number of hydrogen-bond acceptors (Lipinski definition) is 1. The molecule has 2 N–H and O–H groups in total. The number of rotatable bonds is 1. The van der Waals surface area contributed by atoms with E-state index in [9.17, 15) is 0 Å². The summed E-state index contributed by atoms with van der Waals surface area (Å²) in [6.07, 6.45) is 2.73. The molecule has 1 aromatic carbocycles. The Labute approximate surface area is 73.6 Å². The lowest BCUT2D eigenvalue weighted by atomic mass is 10.0. The second kappa shape index (κ2) is 2.51. The molecule has 12 heavy (non-hydrogen) atoms. The summed E-state index contributed by atoms with van der Waals surface area (Å²) >= 11 is 0. The van der Waals surface area contributed by atoms with Gasteiger partial charge in [0.25, 0.3) is 0 Å². The normalized spacial score (nSPS) is 16.5. The second-order valence-electron chi connectivity index (χ2n) is 3.84. The minimum absolute atomic E-state index is 0.836. The first-order valence-corrected chi connectivity index (χ1v) is 4.55. The van der Waals surface area contributed by atoms with Crippen LogP contribution in [0.4, 0.5) is 5.69 Å². The summed E-state index contributed by atoms with van der Waals surface area (Å²) in [6, 6.07) is 4.47. The summed E-state index contributed by atoms with van der Waals surface area (Å²) in [7, 11) is 0. The van der Waals surface area contributed by atoms with Crippen molar-refractivity contribution in [2.45, 2.75) is 32.6 Å². The van der Waals surface area contributed by atoms with E-state index in [0.717, 1.165) is 11.6 Å². The van der Waals surface area contributed by atoms with E-state index in [4.69, 9.17) is 5.73 Å². The van der Waals surface area contributed by atoms with E-state index < -0.39 is 0 Å². The molecule has 1 heteroatoms. The molecule has 64 valence electrons. The van der Waals surface area contributed by atoms with E-state index in [0.29, 0.717) is 0 Å². The molecule has 0 heterocycles. The number of benzene rings is 1. The van der Waals surface area contributed by atoms with Crippen molar-refractivity contribution >= 4 is 5.69 Å². The number of aryl methyl sites for hydroxylation is 2. The van der Waals surface area contributed by atoms with Crippen LogP contribution >= 0.6 is 0 Å². The van der Waals surface area contributed by atoms with Gasteiger partial charge in [-0.15, -0.1) is 0 Å². The SMILES string of the molecule is Cc1cc(C2CC2)cc(C)c1N. The summed E-state index contributed by atoms with van der Waals surface area (Å²) in [6.45, 7) is 4.18. The molecule has 1 aromatic rings. The van der Waals surface area contributed by atoms with E-state index in [1.807, 2.05) is 0 Å². The molecule has 1 saturated carbocycles. The van der Waals surface area contributed by atoms with Crippen LogP contribution in [0, 0.1) is 13.8 Å². The molecule has 0 saturated heterocycles.